The second kappa shape index (κ2) is 7.63. The standard InChI is InChI=1S/C17H21N3OS.HI/c1-12-4-3-5-13(10-12)20-16(18)19-11-17(2)14-7-9-22-15(14)6-8-21-17;/h3-5,7,9-10H,6,8,11H2,1-2H3,(H3,18,19,20);1H. The highest BCUT2D eigenvalue weighted by Gasteiger charge is 2.33. The van der Waals surface area contributed by atoms with Crippen LogP contribution in [0.1, 0.15) is 22.9 Å². The molecular weight excluding hydrogens is 421 g/mol. The summed E-state index contributed by atoms with van der Waals surface area (Å²) in [7, 11) is 0. The normalized spacial score (nSPS) is 20.5. The summed E-state index contributed by atoms with van der Waals surface area (Å²) >= 11 is 1.79. The van der Waals surface area contributed by atoms with E-state index in [4.69, 9.17) is 10.5 Å². The Morgan fingerprint density at radius 3 is 3.04 bits per heavy atom. The Morgan fingerprint density at radius 1 is 1.43 bits per heavy atom. The zero-order valence-electron chi connectivity index (χ0n) is 13.3. The number of aryl methyl sites for hydroxylation is 1. The number of hydrogen-bond acceptors (Lipinski definition) is 3. The van der Waals surface area contributed by atoms with Crippen LogP contribution in [0.5, 0.6) is 0 Å². The van der Waals surface area contributed by atoms with Crippen LogP contribution in [0.25, 0.3) is 0 Å². The molecule has 0 saturated carbocycles. The highest BCUT2D eigenvalue weighted by atomic mass is 127. The van der Waals surface area contributed by atoms with Crippen molar-refractivity contribution < 1.29 is 4.74 Å². The molecule has 6 heteroatoms. The van der Waals surface area contributed by atoms with Crippen molar-refractivity contribution in [1.29, 1.82) is 0 Å². The molecule has 1 aromatic carbocycles. The van der Waals surface area contributed by atoms with Crippen LogP contribution in [0.3, 0.4) is 0 Å². The Hall–Kier alpha value is -1.12. The van der Waals surface area contributed by atoms with Crippen LogP contribution >= 0.6 is 35.3 Å². The molecule has 2 heterocycles. The molecule has 0 amide bonds. The molecule has 1 aliphatic rings. The van der Waals surface area contributed by atoms with Crippen LogP contribution < -0.4 is 11.1 Å². The fraction of sp³-hybridized carbons (Fsp3) is 0.353. The predicted molar refractivity (Wildman–Crippen MR) is 108 cm³/mol. The van der Waals surface area contributed by atoms with E-state index in [1.165, 1.54) is 16.0 Å². The topological polar surface area (TPSA) is 59.6 Å². The van der Waals surface area contributed by atoms with E-state index in [0.717, 1.165) is 18.7 Å². The van der Waals surface area contributed by atoms with Crippen molar-refractivity contribution in [2.24, 2.45) is 10.7 Å². The van der Waals surface area contributed by atoms with Gasteiger partial charge in [0.2, 0.25) is 0 Å². The van der Waals surface area contributed by atoms with Crippen molar-refractivity contribution in [1.82, 2.24) is 0 Å². The first-order chi connectivity index (χ1) is 10.6. The zero-order valence-corrected chi connectivity index (χ0v) is 16.5. The maximum absolute atomic E-state index is 6.01. The van der Waals surface area contributed by atoms with Gasteiger partial charge in [-0.15, -0.1) is 35.3 Å². The van der Waals surface area contributed by atoms with E-state index in [0.29, 0.717) is 12.5 Å². The number of guanidine groups is 1. The summed E-state index contributed by atoms with van der Waals surface area (Å²) in [5.41, 5.74) is 9.01. The Bertz CT molecular complexity index is 701. The van der Waals surface area contributed by atoms with Gasteiger partial charge < -0.3 is 15.8 Å². The average molecular weight is 443 g/mol. The Labute approximate surface area is 158 Å². The Kier molecular flexibility index (Phi) is 6.05. The first-order valence-corrected chi connectivity index (χ1v) is 8.29. The Balaban J connectivity index is 0.00000192. The van der Waals surface area contributed by atoms with Crippen molar-refractivity contribution in [3.8, 4) is 0 Å². The molecule has 0 bridgehead atoms. The summed E-state index contributed by atoms with van der Waals surface area (Å²) in [6.07, 6.45) is 0.989. The highest BCUT2D eigenvalue weighted by molar-refractivity contribution is 14.0. The molecular formula is C17H22IN3OS. The van der Waals surface area contributed by atoms with E-state index in [1.54, 1.807) is 11.3 Å². The molecule has 0 aliphatic carbocycles. The third-order valence-corrected chi connectivity index (χ3v) is 4.89. The summed E-state index contributed by atoms with van der Waals surface area (Å²) in [6.45, 7) is 5.39. The number of nitrogens with one attached hydrogen (secondary N) is 1. The first-order valence-electron chi connectivity index (χ1n) is 7.41. The third kappa shape index (κ3) is 4.24. The number of benzene rings is 1. The van der Waals surface area contributed by atoms with Crippen molar-refractivity contribution in [3.05, 3.63) is 51.7 Å². The molecule has 0 radical (unpaired) electrons. The van der Waals surface area contributed by atoms with E-state index in [2.05, 4.69) is 28.7 Å². The zero-order chi connectivity index (χ0) is 15.6. The maximum atomic E-state index is 6.01. The van der Waals surface area contributed by atoms with Crippen LogP contribution in [0.4, 0.5) is 5.69 Å². The fourth-order valence-corrected chi connectivity index (χ4v) is 3.71. The molecule has 2 aromatic rings. The lowest BCUT2D eigenvalue weighted by Gasteiger charge is -2.33. The van der Waals surface area contributed by atoms with Crippen LogP contribution in [-0.4, -0.2) is 19.1 Å². The lowest BCUT2D eigenvalue weighted by molar-refractivity contribution is -0.0374. The van der Waals surface area contributed by atoms with E-state index in [9.17, 15) is 0 Å². The molecule has 23 heavy (non-hydrogen) atoms. The van der Waals surface area contributed by atoms with Crippen molar-refractivity contribution in [3.63, 3.8) is 0 Å². The van der Waals surface area contributed by atoms with Gasteiger partial charge in [0.1, 0.15) is 5.60 Å². The smallest absolute Gasteiger partial charge is 0.193 e. The SMILES string of the molecule is Cc1cccc(NC(N)=NCC2(C)OCCc3sccc32)c1.I. The van der Waals surface area contributed by atoms with Gasteiger partial charge in [0, 0.05) is 17.0 Å². The molecule has 4 nitrogen and oxygen atoms in total. The first kappa shape index (κ1) is 18.2. The lowest BCUT2D eigenvalue weighted by atomic mass is 9.93. The van der Waals surface area contributed by atoms with Gasteiger partial charge in [-0.2, -0.15) is 0 Å². The van der Waals surface area contributed by atoms with Gasteiger partial charge in [0.25, 0.3) is 0 Å². The summed E-state index contributed by atoms with van der Waals surface area (Å²) in [6, 6.07) is 10.2. The molecule has 1 atom stereocenters. The molecule has 1 aliphatic heterocycles. The van der Waals surface area contributed by atoms with Crippen LogP contribution in [0.15, 0.2) is 40.7 Å². The minimum atomic E-state index is -0.382. The van der Waals surface area contributed by atoms with Crippen LogP contribution in [0.2, 0.25) is 0 Å². The van der Waals surface area contributed by atoms with Crippen molar-refractivity contribution in [2.75, 3.05) is 18.5 Å². The van der Waals surface area contributed by atoms with E-state index >= 15 is 0 Å². The molecule has 1 unspecified atom stereocenters. The van der Waals surface area contributed by atoms with Crippen molar-refractivity contribution in [2.45, 2.75) is 25.9 Å². The number of fused-ring (bicyclic) bond motifs is 1. The van der Waals surface area contributed by atoms with Crippen LogP contribution in [-0.2, 0) is 16.8 Å². The fourth-order valence-electron chi connectivity index (χ4n) is 2.73. The number of thiophene rings is 1. The number of halogens is 1. The summed E-state index contributed by atoms with van der Waals surface area (Å²) in [5, 5.41) is 5.25. The number of aliphatic imine (C=N–C) groups is 1. The van der Waals surface area contributed by atoms with Gasteiger partial charge in [-0.25, -0.2) is 4.99 Å². The summed E-state index contributed by atoms with van der Waals surface area (Å²) in [5.74, 6) is 0.415. The molecule has 3 N–H and O–H groups in total. The van der Waals surface area contributed by atoms with Gasteiger partial charge in [-0.1, -0.05) is 12.1 Å². The number of nitrogens with two attached hydrogens (primary N) is 1. The minimum absolute atomic E-state index is 0. The van der Waals surface area contributed by atoms with E-state index in [1.807, 2.05) is 31.2 Å². The van der Waals surface area contributed by atoms with Gasteiger partial charge >= 0.3 is 0 Å². The second-order valence-electron chi connectivity index (χ2n) is 5.78. The van der Waals surface area contributed by atoms with Crippen molar-refractivity contribution >= 4 is 47.0 Å². The summed E-state index contributed by atoms with van der Waals surface area (Å²) < 4.78 is 5.99. The number of nitrogens with zero attached hydrogens (tertiary/aromatic N) is 1. The third-order valence-electron chi connectivity index (χ3n) is 3.91. The quantitative estimate of drug-likeness (QED) is 0.430. The summed E-state index contributed by atoms with van der Waals surface area (Å²) in [4.78, 5) is 5.88. The molecule has 3 rings (SSSR count). The maximum Gasteiger partial charge on any atom is 0.193 e. The van der Waals surface area contributed by atoms with Gasteiger partial charge in [-0.3, -0.25) is 0 Å². The van der Waals surface area contributed by atoms with Gasteiger partial charge in [-0.05, 0) is 48.6 Å². The molecule has 0 spiro atoms. The molecule has 0 fully saturated rings. The van der Waals surface area contributed by atoms with E-state index in [-0.39, 0.29) is 29.6 Å². The highest BCUT2D eigenvalue weighted by Crippen LogP contribution is 2.36. The number of anilines is 1. The number of rotatable bonds is 3. The molecule has 0 saturated heterocycles. The van der Waals surface area contributed by atoms with Crippen LogP contribution in [0, 0.1) is 6.92 Å². The molecule has 124 valence electrons. The lowest BCUT2D eigenvalue weighted by Crippen LogP contribution is -2.36. The van der Waals surface area contributed by atoms with Gasteiger partial charge in [0.15, 0.2) is 5.96 Å². The Morgan fingerprint density at radius 2 is 2.26 bits per heavy atom. The monoisotopic (exact) mass is 443 g/mol. The molecule has 1 aromatic heterocycles. The number of ether oxygens (including phenoxy) is 1. The average Bonchev–Trinajstić information content (AvgIpc) is 2.96. The second-order valence-corrected chi connectivity index (χ2v) is 6.78. The van der Waals surface area contributed by atoms with Gasteiger partial charge in [0.05, 0.1) is 13.2 Å². The number of hydrogen-bond donors (Lipinski definition) is 2. The van der Waals surface area contributed by atoms with E-state index < -0.39 is 0 Å². The minimum Gasteiger partial charge on any atom is -0.370 e. The largest absolute Gasteiger partial charge is 0.370 e. The predicted octanol–water partition coefficient (Wildman–Crippen LogP) is 3.89.